The van der Waals surface area contributed by atoms with Gasteiger partial charge in [-0.1, -0.05) is 52.9 Å². The molecule has 1 fully saturated rings. The number of rotatable bonds is 6. The van der Waals surface area contributed by atoms with Crippen LogP contribution in [0.3, 0.4) is 0 Å². The summed E-state index contributed by atoms with van der Waals surface area (Å²) in [5, 5.41) is 10.2. The second-order valence-corrected chi connectivity index (χ2v) is 5.85. The van der Waals surface area contributed by atoms with Gasteiger partial charge in [0, 0.05) is 0 Å². The summed E-state index contributed by atoms with van der Waals surface area (Å²) >= 11 is 0. The molecule has 0 aromatic heterocycles. The fraction of sp³-hybridized carbons (Fsp3) is 1.00. The quantitative estimate of drug-likeness (QED) is 0.712. The Kier molecular flexibility index (Phi) is 6.41. The lowest BCUT2D eigenvalue weighted by molar-refractivity contribution is -0.00271. The zero-order valence-electron chi connectivity index (χ0n) is 11.4. The van der Waals surface area contributed by atoms with E-state index in [1.54, 1.807) is 0 Å². The van der Waals surface area contributed by atoms with Crippen LogP contribution in [0.2, 0.25) is 0 Å². The lowest BCUT2D eigenvalue weighted by Crippen LogP contribution is -2.35. The molecule has 4 atom stereocenters. The number of aliphatic hydroxyl groups excluding tert-OH is 1. The van der Waals surface area contributed by atoms with E-state index in [1.807, 2.05) is 0 Å². The van der Waals surface area contributed by atoms with Gasteiger partial charge in [-0.15, -0.1) is 0 Å². The van der Waals surface area contributed by atoms with Crippen molar-refractivity contribution in [3.8, 4) is 0 Å². The molecule has 0 aromatic carbocycles. The maximum atomic E-state index is 10.2. The molecule has 1 aliphatic rings. The minimum Gasteiger partial charge on any atom is -0.393 e. The van der Waals surface area contributed by atoms with Gasteiger partial charge in [0.25, 0.3) is 0 Å². The van der Waals surface area contributed by atoms with Crippen LogP contribution in [0.25, 0.3) is 0 Å². The minimum absolute atomic E-state index is 0.0237. The van der Waals surface area contributed by atoms with E-state index < -0.39 is 0 Å². The molecule has 4 unspecified atom stereocenters. The van der Waals surface area contributed by atoms with Gasteiger partial charge in [0.05, 0.1) is 6.10 Å². The molecule has 1 rings (SSSR count). The van der Waals surface area contributed by atoms with Crippen molar-refractivity contribution < 1.29 is 5.11 Å². The van der Waals surface area contributed by atoms with Crippen LogP contribution in [0, 0.1) is 17.8 Å². The van der Waals surface area contributed by atoms with Crippen molar-refractivity contribution in [3.63, 3.8) is 0 Å². The molecule has 0 amide bonds. The van der Waals surface area contributed by atoms with E-state index in [-0.39, 0.29) is 6.10 Å². The van der Waals surface area contributed by atoms with Crippen molar-refractivity contribution >= 4 is 0 Å². The molecule has 0 spiro atoms. The van der Waals surface area contributed by atoms with E-state index in [0.717, 1.165) is 5.92 Å². The van der Waals surface area contributed by atoms with Crippen LogP contribution in [-0.4, -0.2) is 11.2 Å². The Balaban J connectivity index is 2.41. The molecule has 0 saturated heterocycles. The van der Waals surface area contributed by atoms with Crippen molar-refractivity contribution in [2.75, 3.05) is 0 Å². The largest absolute Gasteiger partial charge is 0.393 e. The van der Waals surface area contributed by atoms with Crippen molar-refractivity contribution in [2.45, 2.75) is 78.2 Å². The molecule has 16 heavy (non-hydrogen) atoms. The first kappa shape index (κ1) is 14.0. The van der Waals surface area contributed by atoms with Gasteiger partial charge in [0.2, 0.25) is 0 Å². The van der Waals surface area contributed by atoms with Crippen LogP contribution < -0.4 is 0 Å². The third-order valence-electron chi connectivity index (χ3n) is 4.30. The Hall–Kier alpha value is -0.0400. The molecule has 1 saturated carbocycles. The monoisotopic (exact) mass is 226 g/mol. The first-order valence-corrected chi connectivity index (χ1v) is 7.37. The fourth-order valence-corrected chi connectivity index (χ4v) is 3.28. The molecule has 0 radical (unpaired) electrons. The third kappa shape index (κ3) is 4.08. The number of hydrogen-bond acceptors (Lipinski definition) is 1. The molecule has 0 aromatic rings. The molecule has 0 heterocycles. The predicted octanol–water partition coefficient (Wildman–Crippen LogP) is 4.39. The second kappa shape index (κ2) is 7.32. The molecule has 96 valence electrons. The number of hydrogen-bond donors (Lipinski definition) is 1. The number of unbranched alkanes of at least 4 members (excludes halogenated alkanes) is 2. The predicted molar refractivity (Wildman–Crippen MR) is 70.4 cm³/mol. The SMILES string of the molecule is CCCCC1CC(C)C(O)C(CCCC)C1. The molecule has 1 aliphatic carbocycles. The highest BCUT2D eigenvalue weighted by molar-refractivity contribution is 4.84. The Labute approximate surface area is 102 Å². The minimum atomic E-state index is -0.0237. The van der Waals surface area contributed by atoms with Gasteiger partial charge in [0.1, 0.15) is 0 Å². The highest BCUT2D eigenvalue weighted by atomic mass is 16.3. The van der Waals surface area contributed by atoms with Crippen molar-refractivity contribution in [1.29, 1.82) is 0 Å². The highest BCUT2D eigenvalue weighted by Crippen LogP contribution is 2.38. The van der Waals surface area contributed by atoms with Gasteiger partial charge in [-0.2, -0.15) is 0 Å². The van der Waals surface area contributed by atoms with Gasteiger partial charge >= 0.3 is 0 Å². The van der Waals surface area contributed by atoms with Gasteiger partial charge < -0.3 is 5.11 Å². The molecule has 0 aliphatic heterocycles. The standard InChI is InChI=1S/C15H30O/c1-4-6-8-13-10-12(3)15(16)14(11-13)9-7-5-2/h12-16H,4-11H2,1-3H3. The Morgan fingerprint density at radius 2 is 1.62 bits per heavy atom. The Bertz CT molecular complexity index is 178. The van der Waals surface area contributed by atoms with Crippen molar-refractivity contribution in [3.05, 3.63) is 0 Å². The van der Waals surface area contributed by atoms with E-state index in [4.69, 9.17) is 0 Å². The van der Waals surface area contributed by atoms with Crippen LogP contribution in [0.15, 0.2) is 0 Å². The zero-order valence-corrected chi connectivity index (χ0v) is 11.4. The normalized spacial score (nSPS) is 35.2. The Morgan fingerprint density at radius 3 is 2.25 bits per heavy atom. The van der Waals surface area contributed by atoms with E-state index in [0.29, 0.717) is 11.8 Å². The van der Waals surface area contributed by atoms with Crippen LogP contribution in [0.4, 0.5) is 0 Å². The molecule has 0 bridgehead atoms. The van der Waals surface area contributed by atoms with Gasteiger partial charge in [-0.3, -0.25) is 0 Å². The van der Waals surface area contributed by atoms with Crippen LogP contribution in [0.5, 0.6) is 0 Å². The molecular weight excluding hydrogens is 196 g/mol. The Morgan fingerprint density at radius 1 is 1.00 bits per heavy atom. The van der Waals surface area contributed by atoms with Gasteiger partial charge in [-0.25, -0.2) is 0 Å². The summed E-state index contributed by atoms with van der Waals surface area (Å²) in [7, 11) is 0. The van der Waals surface area contributed by atoms with Crippen LogP contribution in [0.1, 0.15) is 72.1 Å². The summed E-state index contributed by atoms with van der Waals surface area (Å²) in [5.74, 6) is 2.00. The van der Waals surface area contributed by atoms with Crippen LogP contribution in [-0.2, 0) is 0 Å². The van der Waals surface area contributed by atoms with Crippen molar-refractivity contribution in [2.24, 2.45) is 17.8 Å². The second-order valence-electron chi connectivity index (χ2n) is 5.85. The highest BCUT2D eigenvalue weighted by Gasteiger charge is 2.33. The average molecular weight is 226 g/mol. The summed E-state index contributed by atoms with van der Waals surface area (Å²) < 4.78 is 0. The van der Waals surface area contributed by atoms with E-state index >= 15 is 0 Å². The first-order valence-electron chi connectivity index (χ1n) is 7.37. The molecular formula is C15H30O. The van der Waals surface area contributed by atoms with E-state index in [9.17, 15) is 5.11 Å². The van der Waals surface area contributed by atoms with Gasteiger partial charge in [-0.05, 0) is 37.0 Å². The lowest BCUT2D eigenvalue weighted by atomic mass is 9.71. The third-order valence-corrected chi connectivity index (χ3v) is 4.30. The van der Waals surface area contributed by atoms with Crippen molar-refractivity contribution in [1.82, 2.24) is 0 Å². The molecule has 1 nitrogen and oxygen atoms in total. The van der Waals surface area contributed by atoms with E-state index in [1.165, 1.54) is 51.4 Å². The summed E-state index contributed by atoms with van der Waals surface area (Å²) in [6.45, 7) is 6.75. The number of aliphatic hydroxyl groups is 1. The van der Waals surface area contributed by atoms with Gasteiger partial charge in [0.15, 0.2) is 0 Å². The van der Waals surface area contributed by atoms with Crippen LogP contribution >= 0.6 is 0 Å². The maximum Gasteiger partial charge on any atom is 0.0594 e. The lowest BCUT2D eigenvalue weighted by Gasteiger charge is -2.38. The summed E-state index contributed by atoms with van der Waals surface area (Å²) in [4.78, 5) is 0. The van der Waals surface area contributed by atoms with E-state index in [2.05, 4.69) is 20.8 Å². The molecule has 1 heteroatoms. The first-order chi connectivity index (χ1) is 7.69. The smallest absolute Gasteiger partial charge is 0.0594 e. The fourth-order valence-electron chi connectivity index (χ4n) is 3.28. The summed E-state index contributed by atoms with van der Waals surface area (Å²) in [6, 6.07) is 0. The summed E-state index contributed by atoms with van der Waals surface area (Å²) in [6.07, 6.45) is 10.4. The topological polar surface area (TPSA) is 20.2 Å². The summed E-state index contributed by atoms with van der Waals surface area (Å²) in [5.41, 5.74) is 0. The maximum absolute atomic E-state index is 10.2. The average Bonchev–Trinajstić information content (AvgIpc) is 2.28. The zero-order chi connectivity index (χ0) is 12.0. The molecule has 1 N–H and O–H groups in total.